The maximum Gasteiger partial charge on any atom is 0.164 e. The van der Waals surface area contributed by atoms with Gasteiger partial charge in [0.25, 0.3) is 0 Å². The highest BCUT2D eigenvalue weighted by Crippen LogP contribution is 2.43. The Kier molecular flexibility index (Phi) is 24.3. The highest BCUT2D eigenvalue weighted by molar-refractivity contribution is 8.01. The Bertz CT molecular complexity index is 5560. The molecule has 1 aromatic carbocycles. The predicted molar refractivity (Wildman–Crippen MR) is 475 cm³/mol. The molecule has 6 saturated heterocycles. The van der Waals surface area contributed by atoms with Gasteiger partial charge in [0.05, 0.1) is 129 Å². The Balaban J connectivity index is 0.000000116. The summed E-state index contributed by atoms with van der Waals surface area (Å²) in [6, 6.07) is 23.9. The van der Waals surface area contributed by atoms with E-state index in [1.807, 2.05) is 61.6 Å². The number of hydrogen-bond acceptors (Lipinski definition) is 24. The molecule has 14 heterocycles. The molecule has 116 heavy (non-hydrogen) atoms. The summed E-state index contributed by atoms with van der Waals surface area (Å²) in [7, 11) is -8.24. The maximum atomic E-state index is 13.3. The van der Waals surface area contributed by atoms with Crippen LogP contribution in [-0.4, -0.2) is 223 Å². The molecule has 6 atom stereocenters. The van der Waals surface area contributed by atoms with Gasteiger partial charge in [-0.3, -0.25) is 19.9 Å². The Labute approximate surface area is 684 Å². The van der Waals surface area contributed by atoms with Gasteiger partial charge in [0.15, 0.2) is 23.3 Å². The van der Waals surface area contributed by atoms with Gasteiger partial charge in [-0.05, 0) is 148 Å². The van der Waals surface area contributed by atoms with Crippen molar-refractivity contribution in [2.45, 2.75) is 120 Å². The lowest BCUT2D eigenvalue weighted by atomic mass is 10.0. The molecule has 610 valence electrons. The van der Waals surface area contributed by atoms with Crippen LogP contribution in [0.2, 0.25) is 0 Å². The van der Waals surface area contributed by atoms with Crippen molar-refractivity contribution in [3.63, 3.8) is 0 Å². The average Bonchev–Trinajstić information content (AvgIpc) is 1.64. The van der Waals surface area contributed by atoms with E-state index in [-0.39, 0.29) is 28.6 Å². The summed E-state index contributed by atoms with van der Waals surface area (Å²) in [5.74, 6) is 7.92. The third-order valence-electron chi connectivity index (χ3n) is 22.8. The largest absolute Gasteiger partial charge is 0.379 e. The topological polar surface area (TPSA) is 262 Å². The molecule has 0 bridgehead atoms. The number of anilines is 4. The van der Waals surface area contributed by atoms with Crippen molar-refractivity contribution in [2.24, 2.45) is 22.4 Å². The summed E-state index contributed by atoms with van der Waals surface area (Å²) in [4.78, 5) is 46.6. The quantitative estimate of drug-likeness (QED) is 0.0916. The summed E-state index contributed by atoms with van der Waals surface area (Å²) in [5.41, 5.74) is 21.2. The van der Waals surface area contributed by atoms with E-state index in [0.29, 0.717) is 87.9 Å². The van der Waals surface area contributed by atoms with Crippen molar-refractivity contribution in [1.29, 1.82) is 0 Å². The molecular formula is C88H106N16O8S4. The van der Waals surface area contributed by atoms with Gasteiger partial charge < -0.3 is 43.3 Å². The van der Waals surface area contributed by atoms with Crippen molar-refractivity contribution < 1.29 is 36.3 Å². The lowest BCUT2D eigenvalue weighted by Crippen LogP contribution is -2.43. The first-order valence-electron chi connectivity index (χ1n) is 40.6. The molecule has 4 aliphatic carbocycles. The molecular weight excluding hydrogens is 1540 g/mol. The number of ether oxygens (including phenoxy) is 5. The zero-order chi connectivity index (χ0) is 80.3. The van der Waals surface area contributed by atoms with Crippen molar-refractivity contribution in [2.75, 3.05) is 148 Å². The van der Waals surface area contributed by atoms with E-state index < -0.39 is 38.6 Å². The highest BCUT2D eigenvalue weighted by atomic mass is 32.2. The van der Waals surface area contributed by atoms with Crippen LogP contribution >= 0.6 is 0 Å². The number of hydrogen-bond donors (Lipinski definition) is 0. The summed E-state index contributed by atoms with van der Waals surface area (Å²) in [6.07, 6.45) is 42.5. The van der Waals surface area contributed by atoms with Crippen LogP contribution in [0.3, 0.4) is 0 Å². The van der Waals surface area contributed by atoms with Gasteiger partial charge in [0.2, 0.25) is 0 Å². The van der Waals surface area contributed by atoms with E-state index >= 15 is 0 Å². The normalized spacial score (nSPS) is 22.0. The molecule has 2 unspecified atom stereocenters. The van der Waals surface area contributed by atoms with Crippen LogP contribution < -0.4 is 19.6 Å². The molecule has 24 nitrogen and oxygen atoms in total. The summed E-state index contributed by atoms with van der Waals surface area (Å²) in [5, 5.41) is 0.156. The standard InChI is InChI=1S/C23H28N4O2S.C22H26N4O3S.C22H26N4O2S.C21H26N4OS/c1-17-16-29-9-8-27(17)19-12-22(21-15-24-14-18-6-5-7-20(18)21)25-23(13-19)26-30(28)10-3-2-4-11-30;1-15-12-28-7-6-26(15)17-8-21(20-11-23-10-16-4-3-5-19(16)20)24-22(9-17)25-30(2,27)18-13-29-14-18;1-15-14-28-9-8-26(15)17-10-21(20-13-23-12-16-4-3-5-19(16)20)24-22(11-17)25-29(2,27)18-6-7-18;1-15-14-26-11-10-25(15)17-12-19(23-20(13-17)24-27(2,3)4)18-7-5-6-16-8-9-22-21(16)18/h5,7,12-15,17H,2-4,6,8-11,16H2,1H3;3,5,8-11,15,18H,4,6-7,12-14H2,1-2H3;3,5,10-13,15,18H,4,6-9,14H2,1-2H3;5-7,9,12-13,15H,2,8,10-11,14H2,1,3-4H3/t17-;15-,30?;15-,29?;15-/m1111/s1. The van der Waals surface area contributed by atoms with Crippen LogP contribution in [0.15, 0.2) is 145 Å². The van der Waals surface area contributed by atoms with Crippen molar-refractivity contribution in [1.82, 2.24) is 34.9 Å². The molecule has 7 fully saturated rings. The number of aromatic nitrogens is 7. The predicted octanol–water partition coefficient (Wildman–Crippen LogP) is 15.0. The minimum Gasteiger partial charge on any atom is -0.379 e. The third-order valence-corrected chi connectivity index (χ3v) is 30.1. The molecule has 11 aliphatic rings. The number of aliphatic imine (C=N–C) groups is 1. The van der Waals surface area contributed by atoms with Crippen molar-refractivity contribution in [3.8, 4) is 45.0 Å². The number of fused-ring (bicyclic) bond motifs is 4. The number of para-hydroxylation sites is 1. The van der Waals surface area contributed by atoms with Crippen molar-refractivity contribution >= 4 is 121 Å². The number of rotatable bonds is 14. The van der Waals surface area contributed by atoms with Crippen LogP contribution in [0, 0.1) is 0 Å². The lowest BCUT2D eigenvalue weighted by Gasteiger charge is -2.35. The van der Waals surface area contributed by atoms with E-state index in [9.17, 15) is 12.6 Å². The first kappa shape index (κ1) is 80.8. The van der Waals surface area contributed by atoms with E-state index in [2.05, 4.69) is 179 Å². The fraction of sp³-hybridized carbons (Fsp3) is 0.443. The summed E-state index contributed by atoms with van der Waals surface area (Å²) < 4.78 is 86.0. The molecule has 19 rings (SSSR count). The molecule has 0 amide bonds. The van der Waals surface area contributed by atoms with Crippen LogP contribution in [0.4, 0.5) is 51.7 Å². The number of benzene rings is 1. The van der Waals surface area contributed by atoms with Crippen molar-refractivity contribution in [3.05, 3.63) is 161 Å². The fourth-order valence-electron chi connectivity index (χ4n) is 16.3. The van der Waals surface area contributed by atoms with E-state index in [1.165, 1.54) is 33.4 Å². The minimum absolute atomic E-state index is 0.0423. The Hall–Kier alpha value is -8.97. The molecule has 7 aromatic heterocycles. The molecule has 1 saturated carbocycles. The zero-order valence-electron chi connectivity index (χ0n) is 67.8. The number of pyridine rings is 7. The van der Waals surface area contributed by atoms with E-state index in [0.717, 1.165) is 182 Å². The van der Waals surface area contributed by atoms with Gasteiger partial charge >= 0.3 is 0 Å². The van der Waals surface area contributed by atoms with Gasteiger partial charge in [-0.15, -0.1) is 9.41 Å². The van der Waals surface area contributed by atoms with E-state index in [4.69, 9.17) is 52.3 Å². The average molecular weight is 1640 g/mol. The minimum atomic E-state index is -2.43. The fourth-order valence-corrected chi connectivity index (χ4v) is 22.0. The second-order valence-corrected chi connectivity index (χ2v) is 43.2. The summed E-state index contributed by atoms with van der Waals surface area (Å²) >= 11 is 0. The second-order valence-electron chi connectivity index (χ2n) is 32.3. The first-order valence-corrected chi connectivity index (χ1v) is 49.0. The van der Waals surface area contributed by atoms with Gasteiger partial charge in [0, 0.05) is 199 Å². The van der Waals surface area contributed by atoms with Crippen LogP contribution in [0.5, 0.6) is 0 Å². The zero-order valence-corrected chi connectivity index (χ0v) is 71.0. The molecule has 28 heteroatoms. The molecule has 0 radical (unpaired) electrons. The SMILES string of the molecule is C=S(C)(C)=Nc1cc(N2CCOC[C@H]2C)cc(-c2cccc3c2N=CC3)n1.C[C@@H]1COCCN1c1cc(N=S(C)(=O)C2CC2)nc(-c2cncc3c2C=CC3)c1.C[C@@H]1COCCN1c1cc(N=S(C)(=O)C2COC2)nc(-c2cncc3c2C=CC3)c1.C[C@@H]1COCCN1c1cc(N=S2(=O)CCCCC2)nc(-c2cncc3c2C=CC3)c1. The maximum absolute atomic E-state index is 13.3. The molecule has 8 aromatic rings. The van der Waals surface area contributed by atoms with Gasteiger partial charge in [-0.1, -0.05) is 66.9 Å². The second kappa shape index (κ2) is 34.9. The third kappa shape index (κ3) is 18.8. The summed E-state index contributed by atoms with van der Waals surface area (Å²) in [6.45, 7) is 18.6. The van der Waals surface area contributed by atoms with Crippen LogP contribution in [0.25, 0.3) is 63.3 Å². The Morgan fingerprint density at radius 3 is 1.22 bits per heavy atom. The van der Waals surface area contributed by atoms with Gasteiger partial charge in [-0.25, -0.2) is 36.9 Å². The number of allylic oxidation sites excluding steroid dienone is 3. The lowest BCUT2D eigenvalue weighted by molar-refractivity contribution is 0.0431. The molecule has 7 aliphatic heterocycles. The Morgan fingerprint density at radius 2 is 0.828 bits per heavy atom. The number of morpholine rings is 4. The number of nitrogens with zero attached hydrogens (tertiary/aromatic N) is 16. The van der Waals surface area contributed by atoms with Crippen LogP contribution in [0.1, 0.15) is 98.7 Å². The highest BCUT2D eigenvalue weighted by Gasteiger charge is 2.33. The van der Waals surface area contributed by atoms with Gasteiger partial charge in [0.1, 0.15) is 0 Å². The Morgan fingerprint density at radius 1 is 0.440 bits per heavy atom. The van der Waals surface area contributed by atoms with Crippen LogP contribution in [-0.2, 0) is 88.0 Å². The monoisotopic (exact) mass is 1640 g/mol. The van der Waals surface area contributed by atoms with E-state index in [1.54, 1.807) is 12.5 Å². The first-order chi connectivity index (χ1) is 56.0. The van der Waals surface area contributed by atoms with Gasteiger partial charge in [-0.2, -0.15) is 13.1 Å². The molecule has 0 spiro atoms. The smallest absolute Gasteiger partial charge is 0.164 e. The molecule has 0 N–H and O–H groups in total.